The van der Waals surface area contributed by atoms with E-state index in [2.05, 4.69) is 33.0 Å². The molecular weight excluding hydrogens is 463 g/mol. The Bertz CT molecular complexity index is 1230. The van der Waals surface area contributed by atoms with Gasteiger partial charge in [-0.1, -0.05) is 59.6 Å². The van der Waals surface area contributed by atoms with Crippen LogP contribution in [0.4, 0.5) is 11.4 Å². The molecule has 0 radical (unpaired) electrons. The Balaban J connectivity index is 1.41. The van der Waals surface area contributed by atoms with Crippen molar-refractivity contribution in [2.75, 3.05) is 10.6 Å². The lowest BCUT2D eigenvalue weighted by Gasteiger charge is -2.10. The summed E-state index contributed by atoms with van der Waals surface area (Å²) in [5, 5.41) is 17.2. The second-order valence-electron chi connectivity index (χ2n) is 7.39. The van der Waals surface area contributed by atoms with Crippen LogP contribution in [0.1, 0.15) is 22.5 Å². The van der Waals surface area contributed by atoms with Gasteiger partial charge in [-0.05, 0) is 43.8 Å². The van der Waals surface area contributed by atoms with Crippen molar-refractivity contribution in [3.63, 3.8) is 0 Å². The minimum atomic E-state index is 0.463. The molecule has 0 fully saturated rings. The molecule has 0 saturated carbocycles. The van der Waals surface area contributed by atoms with Crippen molar-refractivity contribution in [2.45, 2.75) is 26.9 Å². The Kier molecular flexibility index (Phi) is 6.79. The summed E-state index contributed by atoms with van der Waals surface area (Å²) in [5.74, 6) is 0. The van der Waals surface area contributed by atoms with E-state index in [1.807, 2.05) is 61.1 Å². The molecule has 2 heterocycles. The first kappa shape index (κ1) is 22.3. The minimum Gasteiger partial charge on any atom is -0.330 e. The van der Waals surface area contributed by atoms with E-state index in [1.165, 1.54) is 5.56 Å². The van der Waals surface area contributed by atoms with Crippen molar-refractivity contribution in [3.8, 4) is 0 Å². The van der Waals surface area contributed by atoms with E-state index in [4.69, 9.17) is 35.4 Å². The Morgan fingerprint density at radius 1 is 0.969 bits per heavy atom. The second-order valence-corrected chi connectivity index (χ2v) is 8.62. The number of nitrogens with zero attached hydrogens (tertiary/aromatic N) is 4. The van der Waals surface area contributed by atoms with E-state index in [1.54, 1.807) is 10.9 Å². The summed E-state index contributed by atoms with van der Waals surface area (Å²) in [4.78, 5) is 0. The maximum atomic E-state index is 6.26. The number of thiocarbonyl (C=S) groups is 1. The molecule has 2 N–H and O–H groups in total. The molecule has 32 heavy (non-hydrogen) atoms. The van der Waals surface area contributed by atoms with Gasteiger partial charge in [0.05, 0.1) is 42.0 Å². The molecule has 0 bridgehead atoms. The first-order valence-corrected chi connectivity index (χ1v) is 11.2. The Morgan fingerprint density at radius 3 is 2.41 bits per heavy atom. The SMILES string of the molecule is Cc1nn(Cc2ccccc2)c(C)c1NC(=S)Nc1cnn(Cc2c(Cl)cccc2Cl)c1. The van der Waals surface area contributed by atoms with Gasteiger partial charge in [-0.25, -0.2) is 0 Å². The average Bonchev–Trinajstić information content (AvgIpc) is 3.31. The van der Waals surface area contributed by atoms with E-state index in [0.717, 1.165) is 28.3 Å². The molecule has 6 nitrogen and oxygen atoms in total. The van der Waals surface area contributed by atoms with Gasteiger partial charge in [-0.2, -0.15) is 10.2 Å². The van der Waals surface area contributed by atoms with Crippen LogP contribution in [0.2, 0.25) is 10.0 Å². The van der Waals surface area contributed by atoms with Crippen LogP contribution in [0.25, 0.3) is 0 Å². The highest BCUT2D eigenvalue weighted by atomic mass is 35.5. The molecule has 0 saturated heterocycles. The molecule has 164 valence electrons. The van der Waals surface area contributed by atoms with E-state index in [0.29, 0.717) is 28.2 Å². The van der Waals surface area contributed by atoms with Crippen LogP contribution >= 0.6 is 35.4 Å². The minimum absolute atomic E-state index is 0.463. The van der Waals surface area contributed by atoms with Crippen molar-refractivity contribution >= 4 is 51.9 Å². The molecule has 4 aromatic rings. The number of halogens is 2. The Labute approximate surface area is 202 Å². The van der Waals surface area contributed by atoms with Crippen LogP contribution in [-0.2, 0) is 13.1 Å². The van der Waals surface area contributed by atoms with Gasteiger partial charge in [0, 0.05) is 21.8 Å². The fraction of sp³-hybridized carbons (Fsp3) is 0.174. The molecule has 0 spiro atoms. The molecule has 0 aliphatic rings. The van der Waals surface area contributed by atoms with E-state index in [9.17, 15) is 0 Å². The lowest BCUT2D eigenvalue weighted by atomic mass is 10.2. The van der Waals surface area contributed by atoms with Crippen LogP contribution in [0.5, 0.6) is 0 Å². The third-order valence-corrected chi connectivity index (χ3v) is 5.98. The topological polar surface area (TPSA) is 59.7 Å². The Hall–Kier alpha value is -2.87. The number of nitrogens with one attached hydrogen (secondary N) is 2. The Morgan fingerprint density at radius 2 is 1.69 bits per heavy atom. The lowest BCUT2D eigenvalue weighted by Crippen LogP contribution is -2.19. The summed E-state index contributed by atoms with van der Waals surface area (Å²) in [5.41, 5.74) is 5.57. The smallest absolute Gasteiger partial charge is 0.175 e. The molecule has 9 heteroatoms. The monoisotopic (exact) mass is 484 g/mol. The number of hydrogen-bond donors (Lipinski definition) is 2. The van der Waals surface area contributed by atoms with Gasteiger partial charge in [0.15, 0.2) is 5.11 Å². The van der Waals surface area contributed by atoms with E-state index < -0.39 is 0 Å². The normalized spacial score (nSPS) is 10.9. The van der Waals surface area contributed by atoms with Gasteiger partial charge in [0.2, 0.25) is 0 Å². The summed E-state index contributed by atoms with van der Waals surface area (Å²) >= 11 is 18.0. The summed E-state index contributed by atoms with van der Waals surface area (Å²) in [6, 6.07) is 15.7. The summed E-state index contributed by atoms with van der Waals surface area (Å²) < 4.78 is 3.73. The average molecular weight is 485 g/mol. The van der Waals surface area contributed by atoms with Crippen LogP contribution in [0, 0.1) is 13.8 Å². The number of rotatable bonds is 6. The van der Waals surface area contributed by atoms with E-state index in [-0.39, 0.29) is 0 Å². The molecule has 2 aromatic heterocycles. The molecule has 0 amide bonds. The molecule has 0 atom stereocenters. The van der Waals surface area contributed by atoms with Crippen molar-refractivity contribution in [1.29, 1.82) is 0 Å². The number of aryl methyl sites for hydroxylation is 1. The highest BCUT2D eigenvalue weighted by Crippen LogP contribution is 2.25. The largest absolute Gasteiger partial charge is 0.330 e. The van der Waals surface area contributed by atoms with Crippen LogP contribution in [-0.4, -0.2) is 24.7 Å². The molecule has 0 aliphatic carbocycles. The zero-order chi connectivity index (χ0) is 22.7. The van der Waals surface area contributed by atoms with Gasteiger partial charge in [-0.15, -0.1) is 0 Å². The number of benzene rings is 2. The standard InChI is InChI=1S/C23H22Cl2N6S/c1-15-22(16(2)31(29-15)12-17-7-4-3-5-8-17)28-23(32)27-18-11-26-30(13-18)14-19-20(24)9-6-10-21(19)25/h3-11,13H,12,14H2,1-2H3,(H2,27,28,32). The van der Waals surface area contributed by atoms with Gasteiger partial charge >= 0.3 is 0 Å². The third-order valence-electron chi connectivity index (χ3n) is 5.07. The van der Waals surface area contributed by atoms with Gasteiger partial charge in [0.1, 0.15) is 0 Å². The van der Waals surface area contributed by atoms with Gasteiger partial charge in [-0.3, -0.25) is 9.36 Å². The maximum Gasteiger partial charge on any atom is 0.175 e. The summed E-state index contributed by atoms with van der Waals surface area (Å²) in [6.45, 7) is 5.15. The van der Waals surface area contributed by atoms with E-state index >= 15 is 0 Å². The highest BCUT2D eigenvalue weighted by molar-refractivity contribution is 7.80. The third kappa shape index (κ3) is 5.12. The molecule has 0 aliphatic heterocycles. The van der Waals surface area contributed by atoms with Crippen LogP contribution in [0.3, 0.4) is 0 Å². The fourth-order valence-corrected chi connectivity index (χ4v) is 4.16. The predicted molar refractivity (Wildman–Crippen MR) is 135 cm³/mol. The van der Waals surface area contributed by atoms with Crippen molar-refractivity contribution in [3.05, 3.63) is 93.5 Å². The quantitative estimate of drug-likeness (QED) is 0.333. The first-order chi connectivity index (χ1) is 15.4. The summed E-state index contributed by atoms with van der Waals surface area (Å²) in [7, 11) is 0. The number of anilines is 2. The predicted octanol–water partition coefficient (Wildman–Crippen LogP) is 5.91. The molecule has 2 aromatic carbocycles. The zero-order valence-electron chi connectivity index (χ0n) is 17.6. The molecular formula is C23H22Cl2N6S. The zero-order valence-corrected chi connectivity index (χ0v) is 20.0. The van der Waals surface area contributed by atoms with Crippen molar-refractivity contribution < 1.29 is 0 Å². The van der Waals surface area contributed by atoms with Crippen LogP contribution in [0.15, 0.2) is 60.9 Å². The first-order valence-electron chi connectivity index (χ1n) is 10.0. The van der Waals surface area contributed by atoms with Crippen molar-refractivity contribution in [2.24, 2.45) is 0 Å². The second kappa shape index (κ2) is 9.73. The van der Waals surface area contributed by atoms with Gasteiger partial charge < -0.3 is 10.6 Å². The lowest BCUT2D eigenvalue weighted by molar-refractivity contribution is 0.659. The maximum absolute atomic E-state index is 6.26. The summed E-state index contributed by atoms with van der Waals surface area (Å²) in [6.07, 6.45) is 3.56. The van der Waals surface area contributed by atoms with Crippen LogP contribution < -0.4 is 10.6 Å². The van der Waals surface area contributed by atoms with Crippen molar-refractivity contribution in [1.82, 2.24) is 19.6 Å². The van der Waals surface area contributed by atoms with Gasteiger partial charge in [0.25, 0.3) is 0 Å². The number of aromatic nitrogens is 4. The molecule has 4 rings (SSSR count). The highest BCUT2D eigenvalue weighted by Gasteiger charge is 2.14. The fourth-order valence-electron chi connectivity index (χ4n) is 3.42. The molecule has 0 unspecified atom stereocenters. The number of hydrogen-bond acceptors (Lipinski definition) is 3.